The van der Waals surface area contributed by atoms with E-state index >= 15 is 0 Å². The number of rotatable bonds is 8. The van der Waals surface area contributed by atoms with Crippen LogP contribution in [0.2, 0.25) is 0 Å². The number of hydrogen-bond acceptors (Lipinski definition) is 3. The molecule has 0 fully saturated rings. The molecule has 1 aromatic carbocycles. The number of hydrogen-bond donors (Lipinski definition) is 3. The van der Waals surface area contributed by atoms with Crippen LogP contribution in [0.15, 0.2) is 24.3 Å². The number of nitrogens with one attached hydrogen (secondary N) is 1. The molecule has 5 nitrogen and oxygen atoms in total. The Labute approximate surface area is 125 Å². The number of carbonyl (C=O) groups excluding carboxylic acids is 2. The van der Waals surface area contributed by atoms with Crippen LogP contribution in [-0.2, 0) is 0 Å². The zero-order valence-corrected chi connectivity index (χ0v) is 12.6. The van der Waals surface area contributed by atoms with Crippen LogP contribution in [-0.4, -0.2) is 30.1 Å². The predicted molar refractivity (Wildman–Crippen MR) is 81.9 cm³/mol. The fraction of sp³-hybridized carbons (Fsp3) is 0.500. The molecule has 0 saturated heterocycles. The second-order valence-corrected chi connectivity index (χ2v) is 5.66. The number of amides is 2. The van der Waals surface area contributed by atoms with E-state index in [1.165, 1.54) is 12.1 Å². The fourth-order valence-corrected chi connectivity index (χ4v) is 2.28. The maximum absolute atomic E-state index is 12.0. The Morgan fingerprint density at radius 2 is 1.76 bits per heavy atom. The van der Waals surface area contributed by atoms with Crippen molar-refractivity contribution < 1.29 is 14.7 Å². The number of aliphatic hydroxyl groups is 1. The Kier molecular flexibility index (Phi) is 6.88. The van der Waals surface area contributed by atoms with Crippen molar-refractivity contribution in [2.24, 2.45) is 17.6 Å². The van der Waals surface area contributed by atoms with Gasteiger partial charge in [-0.1, -0.05) is 13.8 Å². The van der Waals surface area contributed by atoms with Gasteiger partial charge >= 0.3 is 0 Å². The highest BCUT2D eigenvalue weighted by Crippen LogP contribution is 2.14. The van der Waals surface area contributed by atoms with Crippen LogP contribution in [0, 0.1) is 11.8 Å². The molecule has 0 spiro atoms. The van der Waals surface area contributed by atoms with E-state index in [0.29, 0.717) is 30.0 Å². The maximum Gasteiger partial charge on any atom is 0.251 e. The highest BCUT2D eigenvalue weighted by Gasteiger charge is 2.13. The molecule has 0 aliphatic carbocycles. The van der Waals surface area contributed by atoms with Crippen LogP contribution in [0.4, 0.5) is 0 Å². The second-order valence-electron chi connectivity index (χ2n) is 5.66. The SMILES string of the molecule is CC(C)CC(CCO)CNC(=O)c1ccc(C(N)=O)cc1. The minimum Gasteiger partial charge on any atom is -0.396 e. The third-order valence-corrected chi connectivity index (χ3v) is 3.32. The van der Waals surface area contributed by atoms with Crippen LogP contribution in [0.3, 0.4) is 0 Å². The van der Waals surface area contributed by atoms with Gasteiger partial charge in [0.15, 0.2) is 0 Å². The van der Waals surface area contributed by atoms with Crippen molar-refractivity contribution >= 4 is 11.8 Å². The van der Waals surface area contributed by atoms with Crippen molar-refractivity contribution in [3.05, 3.63) is 35.4 Å². The summed E-state index contributed by atoms with van der Waals surface area (Å²) >= 11 is 0. The average molecular weight is 292 g/mol. The molecule has 1 rings (SSSR count). The number of nitrogens with two attached hydrogens (primary N) is 1. The topological polar surface area (TPSA) is 92.4 Å². The van der Waals surface area contributed by atoms with Gasteiger partial charge in [0.25, 0.3) is 5.91 Å². The Bertz CT molecular complexity index is 469. The van der Waals surface area contributed by atoms with Crippen LogP contribution >= 0.6 is 0 Å². The Balaban J connectivity index is 2.57. The van der Waals surface area contributed by atoms with Gasteiger partial charge in [0.2, 0.25) is 5.91 Å². The smallest absolute Gasteiger partial charge is 0.251 e. The molecule has 0 radical (unpaired) electrons. The lowest BCUT2D eigenvalue weighted by Gasteiger charge is -2.18. The van der Waals surface area contributed by atoms with Gasteiger partial charge in [-0.15, -0.1) is 0 Å². The molecule has 0 aliphatic heterocycles. The van der Waals surface area contributed by atoms with Gasteiger partial charge in [-0.3, -0.25) is 9.59 Å². The molecular weight excluding hydrogens is 268 g/mol. The normalized spacial score (nSPS) is 12.2. The Hall–Kier alpha value is -1.88. The third kappa shape index (κ3) is 5.95. The highest BCUT2D eigenvalue weighted by molar-refractivity contribution is 5.97. The lowest BCUT2D eigenvalue weighted by Crippen LogP contribution is -2.30. The van der Waals surface area contributed by atoms with Crippen LogP contribution in [0.25, 0.3) is 0 Å². The van der Waals surface area contributed by atoms with Gasteiger partial charge in [0.1, 0.15) is 0 Å². The fourth-order valence-electron chi connectivity index (χ4n) is 2.28. The summed E-state index contributed by atoms with van der Waals surface area (Å²) in [4.78, 5) is 23.0. The van der Waals surface area contributed by atoms with Gasteiger partial charge in [0.05, 0.1) is 0 Å². The first kappa shape index (κ1) is 17.2. The number of benzene rings is 1. The second kappa shape index (κ2) is 8.42. The molecule has 2 amide bonds. The van der Waals surface area contributed by atoms with E-state index in [9.17, 15) is 9.59 Å². The van der Waals surface area contributed by atoms with E-state index in [1.54, 1.807) is 12.1 Å². The molecule has 0 saturated carbocycles. The van der Waals surface area contributed by atoms with Gasteiger partial charge < -0.3 is 16.2 Å². The quantitative estimate of drug-likeness (QED) is 0.679. The molecule has 5 heteroatoms. The van der Waals surface area contributed by atoms with Crippen molar-refractivity contribution in [3.8, 4) is 0 Å². The highest BCUT2D eigenvalue weighted by atomic mass is 16.3. The Morgan fingerprint density at radius 3 is 2.24 bits per heavy atom. The summed E-state index contributed by atoms with van der Waals surface area (Å²) in [5.41, 5.74) is 6.03. The first-order chi connectivity index (χ1) is 9.93. The van der Waals surface area contributed by atoms with Gasteiger partial charge in [-0.05, 0) is 48.9 Å². The van der Waals surface area contributed by atoms with Gasteiger partial charge in [-0.2, -0.15) is 0 Å². The maximum atomic E-state index is 12.0. The summed E-state index contributed by atoms with van der Waals surface area (Å²) in [5.74, 6) is 0.0942. The predicted octanol–water partition coefficient (Wildman–Crippen LogP) is 1.56. The summed E-state index contributed by atoms with van der Waals surface area (Å²) < 4.78 is 0. The Morgan fingerprint density at radius 1 is 1.19 bits per heavy atom. The van der Waals surface area contributed by atoms with Crippen LogP contribution in [0.1, 0.15) is 47.4 Å². The van der Waals surface area contributed by atoms with E-state index in [1.807, 2.05) is 0 Å². The summed E-state index contributed by atoms with van der Waals surface area (Å²) in [6, 6.07) is 6.24. The number of aliphatic hydroxyl groups excluding tert-OH is 1. The van der Waals surface area contributed by atoms with E-state index in [2.05, 4.69) is 19.2 Å². The molecule has 1 aromatic rings. The number of carbonyl (C=O) groups is 2. The minimum atomic E-state index is -0.512. The molecular formula is C16H24N2O3. The van der Waals surface area contributed by atoms with E-state index in [-0.39, 0.29) is 18.4 Å². The molecule has 1 atom stereocenters. The molecule has 0 aromatic heterocycles. The summed E-state index contributed by atoms with van der Waals surface area (Å²) in [5, 5.41) is 11.9. The van der Waals surface area contributed by atoms with Gasteiger partial charge in [0, 0.05) is 24.3 Å². The molecule has 21 heavy (non-hydrogen) atoms. The number of primary amides is 1. The minimum absolute atomic E-state index is 0.126. The largest absolute Gasteiger partial charge is 0.396 e. The molecule has 0 heterocycles. The molecule has 116 valence electrons. The summed E-state index contributed by atoms with van der Waals surface area (Å²) in [6.45, 7) is 4.90. The zero-order chi connectivity index (χ0) is 15.8. The molecule has 1 unspecified atom stereocenters. The molecule has 4 N–H and O–H groups in total. The lowest BCUT2D eigenvalue weighted by molar-refractivity contribution is 0.0939. The first-order valence-corrected chi connectivity index (χ1v) is 7.23. The van der Waals surface area contributed by atoms with Gasteiger partial charge in [-0.25, -0.2) is 0 Å². The van der Waals surface area contributed by atoms with E-state index in [0.717, 1.165) is 6.42 Å². The van der Waals surface area contributed by atoms with Crippen molar-refractivity contribution in [1.82, 2.24) is 5.32 Å². The van der Waals surface area contributed by atoms with E-state index in [4.69, 9.17) is 10.8 Å². The molecule has 0 aliphatic rings. The summed E-state index contributed by atoms with van der Waals surface area (Å²) in [6.07, 6.45) is 1.64. The van der Waals surface area contributed by atoms with Crippen LogP contribution in [0.5, 0.6) is 0 Å². The monoisotopic (exact) mass is 292 g/mol. The molecule has 0 bridgehead atoms. The standard InChI is InChI=1S/C16H24N2O3/c1-11(2)9-12(7-8-19)10-18-16(21)14-5-3-13(4-6-14)15(17)20/h3-6,11-12,19H,7-10H2,1-2H3,(H2,17,20)(H,18,21). The zero-order valence-electron chi connectivity index (χ0n) is 12.6. The summed E-state index contributed by atoms with van der Waals surface area (Å²) in [7, 11) is 0. The van der Waals surface area contributed by atoms with Crippen molar-refractivity contribution in [1.29, 1.82) is 0 Å². The lowest BCUT2D eigenvalue weighted by atomic mass is 9.94. The van der Waals surface area contributed by atoms with Crippen molar-refractivity contribution in [2.75, 3.05) is 13.2 Å². The first-order valence-electron chi connectivity index (χ1n) is 7.23. The average Bonchev–Trinajstić information content (AvgIpc) is 2.44. The van der Waals surface area contributed by atoms with E-state index < -0.39 is 5.91 Å². The van der Waals surface area contributed by atoms with Crippen molar-refractivity contribution in [3.63, 3.8) is 0 Å². The van der Waals surface area contributed by atoms with Crippen molar-refractivity contribution in [2.45, 2.75) is 26.7 Å². The third-order valence-electron chi connectivity index (χ3n) is 3.32. The van der Waals surface area contributed by atoms with Crippen LogP contribution < -0.4 is 11.1 Å².